The van der Waals surface area contributed by atoms with Gasteiger partial charge in [-0.15, -0.1) is 5.10 Å². The molecular weight excluding hydrogens is 388 g/mol. The third-order valence-corrected chi connectivity index (χ3v) is 4.69. The number of anilines is 1. The molecule has 10 heteroatoms. The Labute approximate surface area is 172 Å². The molecule has 0 aliphatic carbocycles. The molecule has 0 atom stereocenters. The Bertz CT molecular complexity index is 1040. The van der Waals surface area contributed by atoms with Crippen LogP contribution in [0.15, 0.2) is 36.5 Å². The molecule has 1 aromatic carbocycles. The molecule has 3 aromatic rings. The van der Waals surface area contributed by atoms with Crippen molar-refractivity contribution in [2.24, 2.45) is 0 Å². The van der Waals surface area contributed by atoms with Crippen LogP contribution in [0.25, 0.3) is 5.78 Å². The van der Waals surface area contributed by atoms with Crippen LogP contribution in [0.3, 0.4) is 0 Å². The molecule has 156 valence electrons. The van der Waals surface area contributed by atoms with E-state index in [9.17, 15) is 9.59 Å². The lowest BCUT2D eigenvalue weighted by atomic mass is 10.2. The summed E-state index contributed by atoms with van der Waals surface area (Å²) in [6.45, 7) is 5.58. The molecule has 1 aliphatic heterocycles. The van der Waals surface area contributed by atoms with Crippen molar-refractivity contribution >= 4 is 23.3 Å². The van der Waals surface area contributed by atoms with Gasteiger partial charge in [0.1, 0.15) is 0 Å². The van der Waals surface area contributed by atoms with E-state index in [1.54, 1.807) is 12.3 Å². The molecule has 1 amide bonds. The maximum absolute atomic E-state index is 12.1. The maximum Gasteiger partial charge on any atom is 0.378 e. The van der Waals surface area contributed by atoms with Gasteiger partial charge in [-0.25, -0.2) is 14.3 Å². The number of carbonyl (C=O) groups is 2. The number of esters is 1. The van der Waals surface area contributed by atoms with Gasteiger partial charge >= 0.3 is 5.97 Å². The lowest BCUT2D eigenvalue weighted by Crippen LogP contribution is -2.35. The summed E-state index contributed by atoms with van der Waals surface area (Å²) in [6.07, 6.45) is 1.58. The van der Waals surface area contributed by atoms with E-state index in [1.807, 2.05) is 31.2 Å². The first kappa shape index (κ1) is 19.9. The number of aromatic nitrogens is 4. The molecule has 30 heavy (non-hydrogen) atoms. The van der Waals surface area contributed by atoms with E-state index in [4.69, 9.17) is 9.47 Å². The number of hydrogen-bond acceptors (Lipinski definition) is 8. The van der Waals surface area contributed by atoms with Crippen molar-refractivity contribution in [3.63, 3.8) is 0 Å². The molecule has 1 N–H and O–H groups in total. The number of carbonyl (C=O) groups excluding carboxylic acids is 2. The highest BCUT2D eigenvalue weighted by molar-refractivity contribution is 5.94. The number of ether oxygens (including phenoxy) is 2. The summed E-state index contributed by atoms with van der Waals surface area (Å²) < 4.78 is 11.8. The van der Waals surface area contributed by atoms with Gasteiger partial charge in [-0.05, 0) is 30.7 Å². The maximum atomic E-state index is 12.1. The second kappa shape index (κ2) is 8.97. The number of rotatable bonds is 6. The first-order valence-electron chi connectivity index (χ1n) is 9.63. The normalized spacial score (nSPS) is 14.6. The Morgan fingerprint density at radius 2 is 1.93 bits per heavy atom. The van der Waals surface area contributed by atoms with Crippen LogP contribution >= 0.6 is 0 Å². The van der Waals surface area contributed by atoms with Crippen molar-refractivity contribution in [3.8, 4) is 0 Å². The lowest BCUT2D eigenvalue weighted by molar-refractivity contribution is -0.119. The Hall–Kier alpha value is -3.37. The molecule has 0 spiro atoms. The predicted molar refractivity (Wildman–Crippen MR) is 107 cm³/mol. The van der Waals surface area contributed by atoms with Crippen molar-refractivity contribution in [2.45, 2.75) is 13.5 Å². The van der Waals surface area contributed by atoms with Gasteiger partial charge in [0, 0.05) is 37.2 Å². The van der Waals surface area contributed by atoms with Crippen LogP contribution in [-0.2, 0) is 20.8 Å². The van der Waals surface area contributed by atoms with Crippen LogP contribution in [-0.4, -0.2) is 69.3 Å². The van der Waals surface area contributed by atoms with Gasteiger partial charge in [-0.2, -0.15) is 4.98 Å². The number of aryl methyl sites for hydroxylation is 1. The first-order valence-corrected chi connectivity index (χ1v) is 9.63. The molecule has 0 unspecified atom stereocenters. The minimum atomic E-state index is -0.782. The number of nitrogens with zero attached hydrogens (tertiary/aromatic N) is 5. The monoisotopic (exact) mass is 410 g/mol. The summed E-state index contributed by atoms with van der Waals surface area (Å²) >= 11 is 0. The van der Waals surface area contributed by atoms with Crippen LogP contribution in [0.1, 0.15) is 21.9 Å². The molecule has 3 heterocycles. The summed E-state index contributed by atoms with van der Waals surface area (Å²) in [7, 11) is 0. The van der Waals surface area contributed by atoms with E-state index in [-0.39, 0.29) is 5.82 Å². The van der Waals surface area contributed by atoms with E-state index < -0.39 is 18.5 Å². The number of nitrogens with one attached hydrogen (secondary N) is 1. The minimum absolute atomic E-state index is 0.142. The third-order valence-electron chi connectivity index (χ3n) is 4.69. The van der Waals surface area contributed by atoms with Gasteiger partial charge in [-0.1, -0.05) is 12.1 Å². The zero-order chi connectivity index (χ0) is 20.9. The molecule has 1 aliphatic rings. The van der Waals surface area contributed by atoms with Crippen molar-refractivity contribution in [2.75, 3.05) is 38.2 Å². The van der Waals surface area contributed by atoms with Crippen LogP contribution in [0.2, 0.25) is 0 Å². The van der Waals surface area contributed by atoms with Crippen LogP contribution in [0.4, 0.5) is 5.69 Å². The quantitative estimate of drug-likeness (QED) is 0.601. The Balaban J connectivity index is 1.27. The van der Waals surface area contributed by atoms with E-state index in [1.165, 1.54) is 4.52 Å². The van der Waals surface area contributed by atoms with Crippen molar-refractivity contribution in [1.29, 1.82) is 0 Å². The highest BCUT2D eigenvalue weighted by Crippen LogP contribution is 2.12. The van der Waals surface area contributed by atoms with E-state index in [0.29, 0.717) is 11.5 Å². The Morgan fingerprint density at radius 3 is 2.67 bits per heavy atom. The highest BCUT2D eigenvalue weighted by atomic mass is 16.5. The lowest BCUT2D eigenvalue weighted by Gasteiger charge is -2.26. The molecule has 1 saturated heterocycles. The predicted octanol–water partition coefficient (Wildman–Crippen LogP) is 1.06. The fourth-order valence-corrected chi connectivity index (χ4v) is 3.10. The number of morpholine rings is 1. The first-order chi connectivity index (χ1) is 14.6. The minimum Gasteiger partial charge on any atom is -0.450 e. The summed E-state index contributed by atoms with van der Waals surface area (Å²) in [5.41, 5.74) is 2.57. The largest absolute Gasteiger partial charge is 0.450 e. The molecular formula is C20H22N6O4. The van der Waals surface area contributed by atoms with Crippen molar-refractivity contribution < 1.29 is 19.1 Å². The average Bonchev–Trinajstić information content (AvgIpc) is 3.20. The SMILES string of the molecule is Cc1ccnc2nc(C(=O)OCC(=O)Nc3ccc(CN4CCOCC4)cc3)nn12. The molecule has 0 radical (unpaired) electrons. The topological polar surface area (TPSA) is 111 Å². The summed E-state index contributed by atoms with van der Waals surface area (Å²) in [4.78, 5) is 34.6. The third kappa shape index (κ3) is 4.78. The molecule has 1 fully saturated rings. The zero-order valence-corrected chi connectivity index (χ0v) is 16.6. The van der Waals surface area contributed by atoms with Gasteiger partial charge in [0.15, 0.2) is 6.61 Å². The molecule has 0 saturated carbocycles. The van der Waals surface area contributed by atoms with Gasteiger partial charge in [-0.3, -0.25) is 9.69 Å². The van der Waals surface area contributed by atoms with E-state index in [0.717, 1.165) is 44.1 Å². The standard InChI is InChI=1S/C20H22N6O4/c1-14-6-7-21-20-23-18(24-26(14)20)19(28)30-13-17(27)22-16-4-2-15(3-5-16)12-25-8-10-29-11-9-25/h2-7H,8-13H2,1H3,(H,22,27). The number of amides is 1. The smallest absolute Gasteiger partial charge is 0.378 e. The zero-order valence-electron chi connectivity index (χ0n) is 16.6. The van der Waals surface area contributed by atoms with Crippen LogP contribution in [0, 0.1) is 6.92 Å². The molecule has 0 bridgehead atoms. The van der Waals surface area contributed by atoms with Crippen molar-refractivity contribution in [3.05, 3.63) is 53.6 Å². The Kier molecular flexibility index (Phi) is 5.96. The van der Waals surface area contributed by atoms with E-state index in [2.05, 4.69) is 25.3 Å². The number of fused-ring (bicyclic) bond motifs is 1. The second-order valence-electron chi connectivity index (χ2n) is 6.94. The summed E-state index contributed by atoms with van der Waals surface area (Å²) in [5.74, 6) is -1.07. The number of benzene rings is 1. The van der Waals surface area contributed by atoms with Crippen LogP contribution < -0.4 is 5.32 Å². The number of hydrogen-bond donors (Lipinski definition) is 1. The highest BCUT2D eigenvalue weighted by Gasteiger charge is 2.17. The van der Waals surface area contributed by atoms with Gasteiger partial charge in [0.25, 0.3) is 17.5 Å². The summed E-state index contributed by atoms with van der Waals surface area (Å²) in [6, 6.07) is 9.33. The summed E-state index contributed by atoms with van der Waals surface area (Å²) in [5, 5.41) is 6.76. The molecule has 4 rings (SSSR count). The van der Waals surface area contributed by atoms with Gasteiger partial charge < -0.3 is 14.8 Å². The van der Waals surface area contributed by atoms with Gasteiger partial charge in [0.2, 0.25) is 0 Å². The van der Waals surface area contributed by atoms with Gasteiger partial charge in [0.05, 0.1) is 13.2 Å². The fraction of sp³-hybridized carbons (Fsp3) is 0.350. The van der Waals surface area contributed by atoms with Crippen molar-refractivity contribution in [1.82, 2.24) is 24.5 Å². The fourth-order valence-electron chi connectivity index (χ4n) is 3.10. The molecule has 10 nitrogen and oxygen atoms in total. The van der Waals surface area contributed by atoms with Crippen LogP contribution in [0.5, 0.6) is 0 Å². The molecule has 2 aromatic heterocycles. The average molecular weight is 410 g/mol. The van der Waals surface area contributed by atoms with E-state index >= 15 is 0 Å². The second-order valence-corrected chi connectivity index (χ2v) is 6.94. The Morgan fingerprint density at radius 1 is 1.17 bits per heavy atom.